The number of nitrogens with zero attached hydrogens (tertiary/aromatic N) is 1. The Morgan fingerprint density at radius 2 is 2.07 bits per heavy atom. The molecule has 14 heavy (non-hydrogen) atoms. The highest BCUT2D eigenvalue weighted by Gasteiger charge is 2.09. The van der Waals surface area contributed by atoms with Gasteiger partial charge in [0.1, 0.15) is 5.82 Å². The second-order valence-electron chi connectivity index (χ2n) is 3.12. The molecule has 72 valence electrons. The molecule has 0 fully saturated rings. The molecule has 0 spiro atoms. The van der Waals surface area contributed by atoms with E-state index < -0.39 is 0 Å². The minimum absolute atomic E-state index is 0.0117. The maximum atomic E-state index is 6.24. The van der Waals surface area contributed by atoms with Crippen molar-refractivity contribution in [1.29, 1.82) is 0 Å². The Labute approximate surface area is 88.0 Å². The van der Waals surface area contributed by atoms with Gasteiger partial charge in [-0.05, 0) is 5.56 Å². The number of alkyl halides is 1. The van der Waals surface area contributed by atoms with Crippen LogP contribution in [0.4, 0.5) is 0 Å². The van der Waals surface area contributed by atoms with Gasteiger partial charge in [0.15, 0.2) is 0 Å². The van der Waals surface area contributed by atoms with Crippen molar-refractivity contribution < 1.29 is 0 Å². The van der Waals surface area contributed by atoms with E-state index in [1.54, 1.807) is 6.20 Å². The average Bonchev–Trinajstić information content (AvgIpc) is 2.72. The monoisotopic (exact) mass is 206 g/mol. The van der Waals surface area contributed by atoms with Crippen molar-refractivity contribution >= 4 is 11.6 Å². The Balaban J connectivity index is 2.07. The fourth-order valence-electron chi connectivity index (χ4n) is 1.36. The van der Waals surface area contributed by atoms with Gasteiger partial charge in [-0.2, -0.15) is 0 Å². The van der Waals surface area contributed by atoms with E-state index in [2.05, 4.69) is 9.97 Å². The van der Waals surface area contributed by atoms with Gasteiger partial charge in [0.2, 0.25) is 0 Å². The maximum absolute atomic E-state index is 6.24. The van der Waals surface area contributed by atoms with E-state index in [1.165, 1.54) is 0 Å². The molecular formula is C11H11ClN2. The standard InChI is InChI=1S/C11H11ClN2/c12-10(8-11-13-6-7-14-11)9-4-2-1-3-5-9/h1-7,10H,8H2,(H,13,14). The summed E-state index contributed by atoms with van der Waals surface area (Å²) in [6.07, 6.45) is 4.28. The van der Waals surface area contributed by atoms with Gasteiger partial charge in [-0.3, -0.25) is 0 Å². The summed E-state index contributed by atoms with van der Waals surface area (Å²) in [5.41, 5.74) is 1.13. The Kier molecular flexibility index (Phi) is 2.84. The maximum Gasteiger partial charge on any atom is 0.107 e. The van der Waals surface area contributed by atoms with Crippen molar-refractivity contribution in [2.24, 2.45) is 0 Å². The number of aromatic nitrogens is 2. The lowest BCUT2D eigenvalue weighted by Gasteiger charge is -2.07. The molecular weight excluding hydrogens is 196 g/mol. The summed E-state index contributed by atoms with van der Waals surface area (Å²) in [6, 6.07) is 10.0. The molecule has 2 nitrogen and oxygen atoms in total. The highest BCUT2D eigenvalue weighted by Crippen LogP contribution is 2.22. The number of rotatable bonds is 3. The molecule has 2 aromatic rings. The van der Waals surface area contributed by atoms with Gasteiger partial charge in [-0.25, -0.2) is 4.98 Å². The first-order valence-electron chi connectivity index (χ1n) is 4.53. The molecule has 1 aromatic carbocycles. The van der Waals surface area contributed by atoms with Crippen LogP contribution in [0.1, 0.15) is 16.8 Å². The van der Waals surface area contributed by atoms with Crippen LogP contribution in [0.5, 0.6) is 0 Å². The van der Waals surface area contributed by atoms with Crippen molar-refractivity contribution in [1.82, 2.24) is 9.97 Å². The van der Waals surface area contributed by atoms with Crippen molar-refractivity contribution in [2.75, 3.05) is 0 Å². The minimum atomic E-state index is -0.0117. The first-order valence-corrected chi connectivity index (χ1v) is 4.97. The van der Waals surface area contributed by atoms with Gasteiger partial charge in [-0.15, -0.1) is 11.6 Å². The molecule has 0 bridgehead atoms. The lowest BCUT2D eigenvalue weighted by molar-refractivity contribution is 0.855. The molecule has 0 aliphatic heterocycles. The Hall–Kier alpha value is -1.28. The number of nitrogens with one attached hydrogen (secondary N) is 1. The van der Waals surface area contributed by atoms with E-state index in [0.717, 1.165) is 17.8 Å². The van der Waals surface area contributed by atoms with Crippen molar-refractivity contribution in [3.63, 3.8) is 0 Å². The lowest BCUT2D eigenvalue weighted by Crippen LogP contribution is -1.97. The molecule has 1 aromatic heterocycles. The van der Waals surface area contributed by atoms with Crippen LogP contribution in [0.3, 0.4) is 0 Å². The fourth-order valence-corrected chi connectivity index (χ4v) is 1.65. The predicted molar refractivity (Wildman–Crippen MR) is 57.3 cm³/mol. The number of hydrogen-bond donors (Lipinski definition) is 1. The predicted octanol–water partition coefficient (Wildman–Crippen LogP) is 2.93. The quantitative estimate of drug-likeness (QED) is 0.769. The van der Waals surface area contributed by atoms with Crippen LogP contribution in [-0.4, -0.2) is 9.97 Å². The van der Waals surface area contributed by atoms with E-state index in [9.17, 15) is 0 Å². The van der Waals surface area contributed by atoms with E-state index in [0.29, 0.717) is 0 Å². The number of H-pyrrole nitrogens is 1. The van der Waals surface area contributed by atoms with E-state index in [4.69, 9.17) is 11.6 Å². The first kappa shape index (κ1) is 9.28. The zero-order valence-corrected chi connectivity index (χ0v) is 8.41. The molecule has 0 radical (unpaired) electrons. The summed E-state index contributed by atoms with van der Waals surface area (Å²) in [5.74, 6) is 0.925. The smallest absolute Gasteiger partial charge is 0.107 e. The Bertz CT molecular complexity index is 369. The highest BCUT2D eigenvalue weighted by atomic mass is 35.5. The topological polar surface area (TPSA) is 28.7 Å². The van der Waals surface area contributed by atoms with Crippen LogP contribution in [0, 0.1) is 0 Å². The Morgan fingerprint density at radius 3 is 2.71 bits per heavy atom. The van der Waals surface area contributed by atoms with Crippen LogP contribution in [0.15, 0.2) is 42.7 Å². The minimum Gasteiger partial charge on any atom is -0.349 e. The largest absolute Gasteiger partial charge is 0.349 e. The summed E-state index contributed by atoms with van der Waals surface area (Å²) in [4.78, 5) is 7.18. The van der Waals surface area contributed by atoms with Crippen LogP contribution < -0.4 is 0 Å². The first-order chi connectivity index (χ1) is 6.86. The second-order valence-corrected chi connectivity index (χ2v) is 3.65. The van der Waals surface area contributed by atoms with Gasteiger partial charge in [0.25, 0.3) is 0 Å². The van der Waals surface area contributed by atoms with E-state index in [1.807, 2.05) is 36.5 Å². The molecule has 0 amide bonds. The fraction of sp³-hybridized carbons (Fsp3) is 0.182. The van der Waals surface area contributed by atoms with Crippen LogP contribution >= 0.6 is 11.6 Å². The number of aromatic amines is 1. The van der Waals surface area contributed by atoms with Crippen molar-refractivity contribution in [2.45, 2.75) is 11.8 Å². The summed E-state index contributed by atoms with van der Waals surface area (Å²) in [6.45, 7) is 0. The van der Waals surface area contributed by atoms with Crippen LogP contribution in [0.2, 0.25) is 0 Å². The van der Waals surface area contributed by atoms with Gasteiger partial charge in [0.05, 0.1) is 5.38 Å². The van der Waals surface area contributed by atoms with E-state index >= 15 is 0 Å². The zero-order chi connectivity index (χ0) is 9.80. The summed E-state index contributed by atoms with van der Waals surface area (Å²) >= 11 is 6.24. The number of hydrogen-bond acceptors (Lipinski definition) is 1. The summed E-state index contributed by atoms with van der Waals surface area (Å²) in [7, 11) is 0. The van der Waals surface area contributed by atoms with Gasteiger partial charge in [0, 0.05) is 18.8 Å². The zero-order valence-electron chi connectivity index (χ0n) is 7.65. The Morgan fingerprint density at radius 1 is 1.29 bits per heavy atom. The second kappa shape index (κ2) is 4.29. The third kappa shape index (κ3) is 2.15. The molecule has 3 heteroatoms. The average molecular weight is 207 g/mol. The highest BCUT2D eigenvalue weighted by molar-refractivity contribution is 6.20. The molecule has 2 rings (SSSR count). The third-order valence-corrected chi connectivity index (χ3v) is 2.49. The summed E-state index contributed by atoms with van der Waals surface area (Å²) < 4.78 is 0. The molecule has 0 aliphatic carbocycles. The third-order valence-electron chi connectivity index (χ3n) is 2.09. The number of imidazole rings is 1. The number of halogens is 1. The molecule has 1 heterocycles. The lowest BCUT2D eigenvalue weighted by atomic mass is 10.1. The SMILES string of the molecule is ClC(Cc1ncc[nH]1)c1ccccc1. The van der Waals surface area contributed by atoms with Gasteiger partial charge < -0.3 is 4.98 Å². The molecule has 1 N–H and O–H groups in total. The molecule has 0 saturated carbocycles. The normalized spacial score (nSPS) is 12.6. The summed E-state index contributed by atoms with van der Waals surface area (Å²) in [5, 5.41) is -0.0117. The molecule has 1 unspecified atom stereocenters. The molecule has 1 atom stereocenters. The molecule has 0 saturated heterocycles. The van der Waals surface area contributed by atoms with Crippen molar-refractivity contribution in [3.05, 3.63) is 54.1 Å². The van der Waals surface area contributed by atoms with Gasteiger partial charge in [-0.1, -0.05) is 30.3 Å². The number of benzene rings is 1. The molecule has 0 aliphatic rings. The van der Waals surface area contributed by atoms with Crippen LogP contribution in [-0.2, 0) is 6.42 Å². The van der Waals surface area contributed by atoms with Crippen LogP contribution in [0.25, 0.3) is 0 Å². The van der Waals surface area contributed by atoms with Crippen molar-refractivity contribution in [3.8, 4) is 0 Å². The van der Waals surface area contributed by atoms with Gasteiger partial charge >= 0.3 is 0 Å². The van der Waals surface area contributed by atoms with E-state index in [-0.39, 0.29) is 5.38 Å².